The van der Waals surface area contributed by atoms with Crippen LogP contribution in [0.4, 0.5) is 5.69 Å². The van der Waals surface area contributed by atoms with Crippen LogP contribution < -0.4 is 10.1 Å². The Bertz CT molecular complexity index is 717. The first-order chi connectivity index (χ1) is 11.5. The number of aromatic nitrogens is 2. The predicted molar refractivity (Wildman–Crippen MR) is 91.5 cm³/mol. The van der Waals surface area contributed by atoms with Crippen LogP contribution in [0.15, 0.2) is 35.6 Å². The summed E-state index contributed by atoms with van der Waals surface area (Å²) >= 11 is 1.21. The van der Waals surface area contributed by atoms with Gasteiger partial charge in [0.15, 0.2) is 5.16 Å². The van der Waals surface area contributed by atoms with E-state index in [1.807, 2.05) is 12.1 Å². The number of para-hydroxylation sites is 2. The number of imidazole rings is 1. The average molecular weight is 349 g/mol. The fourth-order valence-electron chi connectivity index (χ4n) is 1.88. The molecule has 7 nitrogen and oxygen atoms in total. The van der Waals surface area contributed by atoms with Crippen LogP contribution in [-0.4, -0.2) is 40.8 Å². The minimum atomic E-state index is -0.469. The molecule has 1 heterocycles. The number of nitrogens with one attached hydrogen (secondary N) is 2. The van der Waals surface area contributed by atoms with Gasteiger partial charge in [-0.15, -0.1) is 0 Å². The standard InChI is InChI=1S/C16H19N3O4S/c1-4-23-15(21)12-9-17-16(19-12)24-10(2)14(20)18-11-7-5-6-8-13(11)22-3/h5-10H,4H2,1-3H3,(H,17,19)(H,18,20). The summed E-state index contributed by atoms with van der Waals surface area (Å²) in [6, 6.07) is 7.17. The van der Waals surface area contributed by atoms with Crippen molar-refractivity contribution in [2.75, 3.05) is 19.0 Å². The molecular weight excluding hydrogens is 330 g/mol. The van der Waals surface area contributed by atoms with Gasteiger partial charge < -0.3 is 19.8 Å². The highest BCUT2D eigenvalue weighted by atomic mass is 32.2. The number of hydrogen-bond donors (Lipinski definition) is 2. The first-order valence-corrected chi connectivity index (χ1v) is 8.25. The van der Waals surface area contributed by atoms with Crippen LogP contribution in [0.3, 0.4) is 0 Å². The number of esters is 1. The molecule has 1 aromatic heterocycles. The first-order valence-electron chi connectivity index (χ1n) is 7.37. The Morgan fingerprint density at radius 3 is 2.83 bits per heavy atom. The number of aromatic amines is 1. The van der Waals surface area contributed by atoms with Gasteiger partial charge in [-0.05, 0) is 26.0 Å². The summed E-state index contributed by atoms with van der Waals surface area (Å²) in [6.45, 7) is 3.77. The van der Waals surface area contributed by atoms with Crippen LogP contribution in [0.25, 0.3) is 0 Å². The molecule has 1 amide bonds. The molecule has 0 aliphatic heterocycles. The molecule has 0 bridgehead atoms. The Hall–Kier alpha value is -2.48. The molecule has 0 aliphatic rings. The van der Waals surface area contributed by atoms with E-state index >= 15 is 0 Å². The zero-order valence-electron chi connectivity index (χ0n) is 13.7. The maximum atomic E-state index is 12.3. The molecule has 1 aromatic carbocycles. The van der Waals surface area contributed by atoms with Crippen molar-refractivity contribution in [1.29, 1.82) is 0 Å². The lowest BCUT2D eigenvalue weighted by Gasteiger charge is -2.13. The second-order valence-corrected chi connectivity index (χ2v) is 6.10. The lowest BCUT2D eigenvalue weighted by atomic mass is 10.3. The van der Waals surface area contributed by atoms with E-state index in [0.29, 0.717) is 16.6 Å². The van der Waals surface area contributed by atoms with Crippen molar-refractivity contribution < 1.29 is 19.1 Å². The summed E-state index contributed by atoms with van der Waals surface area (Å²) in [5, 5.41) is 2.87. The third-order valence-electron chi connectivity index (χ3n) is 3.07. The van der Waals surface area contributed by atoms with E-state index < -0.39 is 11.2 Å². The number of H-pyrrole nitrogens is 1. The van der Waals surface area contributed by atoms with Crippen LogP contribution in [-0.2, 0) is 9.53 Å². The second-order valence-electron chi connectivity index (χ2n) is 4.77. The highest BCUT2D eigenvalue weighted by molar-refractivity contribution is 8.00. The van der Waals surface area contributed by atoms with Crippen molar-refractivity contribution in [2.24, 2.45) is 0 Å². The zero-order chi connectivity index (χ0) is 17.5. The normalized spacial score (nSPS) is 11.6. The minimum Gasteiger partial charge on any atom is -0.495 e. The smallest absolute Gasteiger partial charge is 0.356 e. The van der Waals surface area contributed by atoms with Crippen LogP contribution in [0, 0.1) is 0 Å². The van der Waals surface area contributed by atoms with Crippen molar-refractivity contribution in [3.8, 4) is 5.75 Å². The number of amides is 1. The highest BCUT2D eigenvalue weighted by Crippen LogP contribution is 2.26. The van der Waals surface area contributed by atoms with E-state index in [1.165, 1.54) is 18.0 Å². The number of anilines is 1. The molecule has 1 unspecified atom stereocenters. The van der Waals surface area contributed by atoms with E-state index in [1.54, 1.807) is 33.1 Å². The number of rotatable bonds is 7. The number of carbonyl (C=O) groups excluding carboxylic acids is 2. The number of hydrogen-bond acceptors (Lipinski definition) is 6. The Balaban J connectivity index is 1.98. The fraction of sp³-hybridized carbons (Fsp3) is 0.312. The molecule has 1 atom stereocenters. The van der Waals surface area contributed by atoms with Gasteiger partial charge in [-0.2, -0.15) is 0 Å². The minimum absolute atomic E-state index is 0.196. The monoisotopic (exact) mass is 349 g/mol. The van der Waals surface area contributed by atoms with Gasteiger partial charge in [-0.1, -0.05) is 23.9 Å². The topological polar surface area (TPSA) is 93.3 Å². The lowest BCUT2D eigenvalue weighted by Crippen LogP contribution is -2.22. The van der Waals surface area contributed by atoms with Gasteiger partial charge in [0.2, 0.25) is 5.91 Å². The Morgan fingerprint density at radius 1 is 1.38 bits per heavy atom. The second kappa shape index (κ2) is 8.39. The number of benzene rings is 1. The van der Waals surface area contributed by atoms with Crippen LogP contribution in [0.1, 0.15) is 24.3 Å². The van der Waals surface area contributed by atoms with E-state index in [-0.39, 0.29) is 18.2 Å². The van der Waals surface area contributed by atoms with Gasteiger partial charge >= 0.3 is 5.97 Å². The molecule has 0 saturated heterocycles. The molecule has 0 aliphatic carbocycles. The summed E-state index contributed by atoms with van der Waals surface area (Å²) in [5.41, 5.74) is 0.862. The van der Waals surface area contributed by atoms with Gasteiger partial charge in [-0.3, -0.25) is 4.79 Å². The van der Waals surface area contributed by atoms with Gasteiger partial charge in [-0.25, -0.2) is 9.78 Å². The van der Waals surface area contributed by atoms with Crippen molar-refractivity contribution in [3.63, 3.8) is 0 Å². The van der Waals surface area contributed by atoms with Crippen molar-refractivity contribution >= 4 is 29.3 Å². The van der Waals surface area contributed by atoms with Crippen LogP contribution >= 0.6 is 11.8 Å². The SMILES string of the molecule is CCOC(=O)c1cnc(SC(C)C(=O)Nc2ccccc2OC)[nH]1. The molecule has 0 spiro atoms. The quantitative estimate of drug-likeness (QED) is 0.590. The number of ether oxygens (including phenoxy) is 2. The molecule has 0 fully saturated rings. The van der Waals surface area contributed by atoms with E-state index in [4.69, 9.17) is 9.47 Å². The molecule has 2 rings (SSSR count). The number of methoxy groups -OCH3 is 1. The fourth-order valence-corrected chi connectivity index (χ4v) is 2.66. The summed E-state index contributed by atoms with van der Waals surface area (Å²) in [7, 11) is 1.54. The Morgan fingerprint density at radius 2 is 2.12 bits per heavy atom. The van der Waals surface area contributed by atoms with E-state index in [0.717, 1.165) is 0 Å². The molecule has 0 saturated carbocycles. The molecule has 128 valence electrons. The maximum Gasteiger partial charge on any atom is 0.356 e. The molecule has 0 radical (unpaired) electrons. The third-order valence-corrected chi connectivity index (χ3v) is 4.07. The number of nitrogens with zero attached hydrogens (tertiary/aromatic N) is 1. The zero-order valence-corrected chi connectivity index (χ0v) is 14.5. The maximum absolute atomic E-state index is 12.3. The van der Waals surface area contributed by atoms with E-state index in [9.17, 15) is 9.59 Å². The first kappa shape index (κ1) is 17.9. The van der Waals surface area contributed by atoms with Gasteiger partial charge in [0.25, 0.3) is 0 Å². The summed E-state index contributed by atoms with van der Waals surface area (Å²) in [5.74, 6) is -0.0767. The Labute approximate surface area is 144 Å². The Kier molecular flexibility index (Phi) is 6.25. The molecule has 8 heteroatoms. The summed E-state index contributed by atoms with van der Waals surface area (Å²) < 4.78 is 10.1. The van der Waals surface area contributed by atoms with Crippen molar-refractivity contribution in [1.82, 2.24) is 9.97 Å². The van der Waals surface area contributed by atoms with Gasteiger partial charge in [0.05, 0.1) is 30.9 Å². The van der Waals surface area contributed by atoms with Gasteiger partial charge in [0, 0.05) is 0 Å². The highest BCUT2D eigenvalue weighted by Gasteiger charge is 2.19. The largest absolute Gasteiger partial charge is 0.495 e. The van der Waals surface area contributed by atoms with Crippen molar-refractivity contribution in [3.05, 3.63) is 36.2 Å². The third kappa shape index (κ3) is 4.51. The van der Waals surface area contributed by atoms with Crippen molar-refractivity contribution in [2.45, 2.75) is 24.3 Å². The van der Waals surface area contributed by atoms with Crippen LogP contribution in [0.2, 0.25) is 0 Å². The molecule has 2 aromatic rings. The summed E-state index contributed by atoms with van der Waals surface area (Å²) in [6.07, 6.45) is 1.39. The predicted octanol–water partition coefficient (Wildman–Crippen LogP) is 2.71. The molecule has 2 N–H and O–H groups in total. The lowest BCUT2D eigenvalue weighted by molar-refractivity contribution is -0.115. The van der Waals surface area contributed by atoms with E-state index in [2.05, 4.69) is 15.3 Å². The van der Waals surface area contributed by atoms with Gasteiger partial charge in [0.1, 0.15) is 11.4 Å². The average Bonchev–Trinajstić information content (AvgIpc) is 3.04. The summed E-state index contributed by atoms with van der Waals surface area (Å²) in [4.78, 5) is 30.8. The number of thioether (sulfide) groups is 1. The molecular formula is C16H19N3O4S. The van der Waals surface area contributed by atoms with Crippen LogP contribution in [0.5, 0.6) is 5.75 Å². The molecule has 24 heavy (non-hydrogen) atoms. The number of carbonyl (C=O) groups is 2.